The summed E-state index contributed by atoms with van der Waals surface area (Å²) in [5, 5.41) is 20.7. The molecule has 6 nitrogen and oxygen atoms in total. The fourth-order valence-corrected chi connectivity index (χ4v) is 3.23. The Balaban J connectivity index is 1.95. The fraction of sp³-hybridized carbons (Fsp3) is 0. The van der Waals surface area contributed by atoms with Gasteiger partial charge in [-0.05, 0) is 58.0 Å². The first kappa shape index (κ1) is 13.9. The topological polar surface area (TPSA) is 88.8 Å². The van der Waals surface area contributed by atoms with Crippen LogP contribution in [-0.2, 0) is 0 Å². The average molecular weight is 364 g/mol. The van der Waals surface area contributed by atoms with E-state index in [9.17, 15) is 0 Å². The van der Waals surface area contributed by atoms with Crippen molar-refractivity contribution in [1.82, 2.24) is 14.6 Å². The van der Waals surface area contributed by atoms with Crippen LogP contribution in [0.1, 0.15) is 5.56 Å². The Labute approximate surface area is 132 Å². The largest absolute Gasteiger partial charge is 0.409 e. The molecule has 3 N–H and O–H groups in total. The first-order valence-electron chi connectivity index (χ1n) is 5.94. The van der Waals surface area contributed by atoms with Gasteiger partial charge < -0.3 is 10.9 Å². The molecule has 0 aliphatic carbocycles. The van der Waals surface area contributed by atoms with Gasteiger partial charge in [0, 0.05) is 21.1 Å². The highest BCUT2D eigenvalue weighted by molar-refractivity contribution is 9.10. The summed E-state index contributed by atoms with van der Waals surface area (Å²) in [5.74, 6) is 0.0696. The minimum Gasteiger partial charge on any atom is -0.409 e. The van der Waals surface area contributed by atoms with E-state index in [0.29, 0.717) is 5.56 Å². The van der Waals surface area contributed by atoms with Gasteiger partial charge in [0.15, 0.2) is 16.6 Å². The van der Waals surface area contributed by atoms with E-state index in [1.54, 1.807) is 12.1 Å². The molecule has 0 bridgehead atoms. The molecule has 0 saturated heterocycles. The lowest BCUT2D eigenvalue weighted by atomic mass is 10.2. The maximum absolute atomic E-state index is 8.70. The molecule has 21 heavy (non-hydrogen) atoms. The first-order valence-corrected chi connectivity index (χ1v) is 7.55. The molecule has 2 aromatic heterocycles. The fourth-order valence-electron chi connectivity index (χ4n) is 1.79. The normalized spacial score (nSPS) is 12.0. The van der Waals surface area contributed by atoms with Gasteiger partial charge >= 0.3 is 0 Å². The quantitative estimate of drug-likeness (QED) is 0.323. The van der Waals surface area contributed by atoms with Crippen LogP contribution in [0.15, 0.2) is 62.3 Å². The van der Waals surface area contributed by atoms with E-state index in [0.717, 1.165) is 20.2 Å². The van der Waals surface area contributed by atoms with Gasteiger partial charge in [-0.15, -0.1) is 10.2 Å². The number of hydrogen-bond donors (Lipinski definition) is 2. The monoisotopic (exact) mass is 363 g/mol. The second-order valence-electron chi connectivity index (χ2n) is 4.14. The zero-order chi connectivity index (χ0) is 14.8. The zero-order valence-corrected chi connectivity index (χ0v) is 13.0. The Kier molecular flexibility index (Phi) is 3.80. The number of aromatic nitrogens is 3. The number of nitrogens with zero attached hydrogens (tertiary/aromatic N) is 4. The summed E-state index contributed by atoms with van der Waals surface area (Å²) in [6.45, 7) is 0. The van der Waals surface area contributed by atoms with Crippen LogP contribution in [0.25, 0.3) is 5.65 Å². The third-order valence-corrected chi connectivity index (χ3v) is 4.77. The lowest BCUT2D eigenvalue weighted by Gasteiger charge is -2.05. The van der Waals surface area contributed by atoms with E-state index in [2.05, 4.69) is 31.3 Å². The van der Waals surface area contributed by atoms with Gasteiger partial charge in [-0.3, -0.25) is 4.40 Å². The third kappa shape index (κ3) is 2.72. The van der Waals surface area contributed by atoms with Gasteiger partial charge in [0.2, 0.25) is 0 Å². The Morgan fingerprint density at radius 3 is 2.90 bits per heavy atom. The average Bonchev–Trinajstić information content (AvgIpc) is 2.92. The van der Waals surface area contributed by atoms with E-state index in [4.69, 9.17) is 10.9 Å². The molecule has 0 fully saturated rings. The summed E-state index contributed by atoms with van der Waals surface area (Å²) in [6.07, 6.45) is 1.91. The molecular formula is C13H10BrN5OS. The Hall–Kier alpha value is -2.06. The number of rotatable bonds is 3. The summed E-state index contributed by atoms with van der Waals surface area (Å²) in [6, 6.07) is 11.2. The Morgan fingerprint density at radius 2 is 2.14 bits per heavy atom. The maximum atomic E-state index is 8.70. The molecule has 2 heterocycles. The van der Waals surface area contributed by atoms with Crippen LogP contribution < -0.4 is 5.73 Å². The molecule has 3 aromatic rings. The Bertz CT molecular complexity index is 832. The third-order valence-electron chi connectivity index (χ3n) is 2.82. The summed E-state index contributed by atoms with van der Waals surface area (Å²) in [7, 11) is 0. The number of hydrogen-bond acceptors (Lipinski definition) is 5. The molecule has 0 saturated carbocycles. The molecular weight excluding hydrogens is 354 g/mol. The number of pyridine rings is 1. The van der Waals surface area contributed by atoms with Crippen molar-refractivity contribution >= 4 is 39.2 Å². The first-order chi connectivity index (χ1) is 10.2. The van der Waals surface area contributed by atoms with Crippen LogP contribution in [0, 0.1) is 0 Å². The minimum atomic E-state index is 0.0696. The van der Waals surface area contributed by atoms with E-state index >= 15 is 0 Å². The maximum Gasteiger partial charge on any atom is 0.200 e. The number of benzene rings is 1. The Morgan fingerprint density at radius 1 is 1.29 bits per heavy atom. The summed E-state index contributed by atoms with van der Waals surface area (Å²) in [4.78, 5) is 0.961. The van der Waals surface area contributed by atoms with Crippen molar-refractivity contribution in [3.8, 4) is 0 Å². The number of fused-ring (bicyclic) bond motifs is 1. The van der Waals surface area contributed by atoms with Gasteiger partial charge in [-0.1, -0.05) is 11.2 Å². The molecule has 0 aliphatic rings. The van der Waals surface area contributed by atoms with Crippen LogP contribution in [0.3, 0.4) is 0 Å². The summed E-state index contributed by atoms with van der Waals surface area (Å²) in [5.41, 5.74) is 7.00. The molecule has 8 heteroatoms. The highest BCUT2D eigenvalue weighted by Crippen LogP contribution is 2.33. The van der Waals surface area contributed by atoms with Gasteiger partial charge in [-0.2, -0.15) is 0 Å². The predicted octanol–water partition coefficient (Wildman–Crippen LogP) is 2.74. The van der Waals surface area contributed by atoms with Crippen molar-refractivity contribution in [2.45, 2.75) is 10.1 Å². The van der Waals surface area contributed by atoms with Gasteiger partial charge in [-0.25, -0.2) is 0 Å². The standard InChI is InChI=1S/C13H10BrN5OS/c14-9-7-8(12(15)18-20)4-5-10(9)21-13-17-16-11-3-1-2-6-19(11)13/h1-7,20H,(H2,15,18). The molecule has 3 rings (SSSR count). The molecule has 0 spiro atoms. The van der Waals surface area contributed by atoms with Crippen molar-refractivity contribution in [2.24, 2.45) is 10.9 Å². The second-order valence-corrected chi connectivity index (χ2v) is 6.01. The van der Waals surface area contributed by atoms with Gasteiger partial charge in [0.05, 0.1) is 0 Å². The van der Waals surface area contributed by atoms with Crippen LogP contribution in [-0.4, -0.2) is 25.6 Å². The lowest BCUT2D eigenvalue weighted by molar-refractivity contribution is 0.318. The number of oxime groups is 1. The van der Waals surface area contributed by atoms with E-state index in [1.165, 1.54) is 11.8 Å². The molecule has 0 unspecified atom stereocenters. The van der Waals surface area contributed by atoms with Crippen LogP contribution >= 0.6 is 27.7 Å². The van der Waals surface area contributed by atoms with Gasteiger partial charge in [0.1, 0.15) is 0 Å². The van der Waals surface area contributed by atoms with Crippen LogP contribution in [0.4, 0.5) is 0 Å². The molecule has 0 amide bonds. The minimum absolute atomic E-state index is 0.0696. The van der Waals surface area contributed by atoms with Gasteiger partial charge in [0.25, 0.3) is 0 Å². The molecule has 1 aromatic carbocycles. The molecule has 0 aliphatic heterocycles. The molecule has 0 atom stereocenters. The van der Waals surface area contributed by atoms with E-state index in [1.807, 2.05) is 34.9 Å². The van der Waals surface area contributed by atoms with Crippen molar-refractivity contribution in [1.29, 1.82) is 0 Å². The van der Waals surface area contributed by atoms with E-state index in [-0.39, 0.29) is 5.84 Å². The van der Waals surface area contributed by atoms with Crippen molar-refractivity contribution < 1.29 is 5.21 Å². The van der Waals surface area contributed by atoms with Crippen molar-refractivity contribution in [2.75, 3.05) is 0 Å². The highest BCUT2D eigenvalue weighted by Gasteiger charge is 2.10. The zero-order valence-electron chi connectivity index (χ0n) is 10.6. The summed E-state index contributed by atoms with van der Waals surface area (Å²) >= 11 is 4.96. The van der Waals surface area contributed by atoms with Crippen LogP contribution in [0.5, 0.6) is 0 Å². The predicted molar refractivity (Wildman–Crippen MR) is 83.8 cm³/mol. The summed E-state index contributed by atoms with van der Waals surface area (Å²) < 4.78 is 2.75. The van der Waals surface area contributed by atoms with E-state index < -0.39 is 0 Å². The van der Waals surface area contributed by atoms with Crippen LogP contribution in [0.2, 0.25) is 0 Å². The number of amidine groups is 1. The molecule has 0 radical (unpaired) electrons. The van der Waals surface area contributed by atoms with Crippen molar-refractivity contribution in [3.05, 3.63) is 52.6 Å². The number of halogens is 1. The second kappa shape index (κ2) is 5.74. The lowest BCUT2D eigenvalue weighted by Crippen LogP contribution is -2.12. The molecule has 106 valence electrons. The highest BCUT2D eigenvalue weighted by atomic mass is 79.9. The SMILES string of the molecule is N/C(=N/O)c1ccc(Sc2nnc3ccccn23)c(Br)c1. The van der Waals surface area contributed by atoms with Crippen molar-refractivity contribution in [3.63, 3.8) is 0 Å². The smallest absolute Gasteiger partial charge is 0.200 e. The number of nitrogens with two attached hydrogens (primary N) is 1.